The second-order valence-corrected chi connectivity index (χ2v) is 9.66. The van der Waals surface area contributed by atoms with Gasteiger partial charge in [0.25, 0.3) is 0 Å². The third kappa shape index (κ3) is 7.15. The van der Waals surface area contributed by atoms with E-state index in [0.717, 1.165) is 13.1 Å². The minimum atomic E-state index is -0.617. The molecule has 0 aromatic rings. The summed E-state index contributed by atoms with van der Waals surface area (Å²) in [5.41, 5.74) is 0.0622. The normalized spacial score (nSPS) is 25.6. The number of nitrogens with zero attached hydrogens (tertiary/aromatic N) is 2. The summed E-state index contributed by atoms with van der Waals surface area (Å²) in [6, 6.07) is -0.877. The number of hydrogen-bond donors (Lipinski definition) is 3. The summed E-state index contributed by atoms with van der Waals surface area (Å²) in [6.07, 6.45) is 0.705. The number of ether oxygens (including phenoxy) is 1. The number of carbonyl (C=O) groups excluding carboxylic acids is 3. The molecule has 9 heteroatoms. The maximum Gasteiger partial charge on any atom is 0.315 e. The van der Waals surface area contributed by atoms with Gasteiger partial charge in [-0.15, -0.1) is 0 Å². The standard InChI is InChI=1S/C20H37N5O4/c1-13(2)21-19(28)22-14-7-15-9-24(12-20(3,4)5)10-16(18(27)25(15)8-14)23-17(26)11-29-6/h13-16H,7-12H2,1-6H3,(H,23,26)(H2,21,22,28)/t14-,15-,16-/m0/s1. The van der Waals surface area contributed by atoms with Crippen LogP contribution < -0.4 is 16.0 Å². The van der Waals surface area contributed by atoms with Crippen molar-refractivity contribution in [3.05, 3.63) is 0 Å². The molecule has 166 valence electrons. The molecular formula is C20H37N5O4. The van der Waals surface area contributed by atoms with Crippen LogP contribution in [-0.2, 0) is 14.3 Å². The molecule has 0 saturated carbocycles. The van der Waals surface area contributed by atoms with Gasteiger partial charge in [0.15, 0.2) is 0 Å². The first kappa shape index (κ1) is 23.4. The first-order valence-electron chi connectivity index (χ1n) is 10.4. The van der Waals surface area contributed by atoms with Crippen LogP contribution in [0.5, 0.6) is 0 Å². The van der Waals surface area contributed by atoms with Gasteiger partial charge in [-0.1, -0.05) is 20.8 Å². The molecule has 4 amide bonds. The van der Waals surface area contributed by atoms with Crippen LogP contribution in [-0.4, -0.2) is 91.7 Å². The van der Waals surface area contributed by atoms with Crippen molar-refractivity contribution in [1.29, 1.82) is 0 Å². The number of amides is 4. The van der Waals surface area contributed by atoms with Crippen LogP contribution in [0.15, 0.2) is 0 Å². The van der Waals surface area contributed by atoms with Crippen molar-refractivity contribution in [2.75, 3.05) is 39.9 Å². The Balaban J connectivity index is 2.13. The van der Waals surface area contributed by atoms with E-state index in [0.29, 0.717) is 19.5 Å². The average Bonchev–Trinajstić information content (AvgIpc) is 2.88. The molecule has 3 atom stereocenters. The van der Waals surface area contributed by atoms with Crippen LogP contribution in [0.4, 0.5) is 4.79 Å². The van der Waals surface area contributed by atoms with E-state index in [4.69, 9.17) is 4.74 Å². The second-order valence-electron chi connectivity index (χ2n) is 9.66. The van der Waals surface area contributed by atoms with Gasteiger partial charge < -0.3 is 25.6 Å². The fourth-order valence-corrected chi connectivity index (χ4v) is 4.14. The van der Waals surface area contributed by atoms with E-state index < -0.39 is 6.04 Å². The van der Waals surface area contributed by atoms with E-state index in [1.807, 2.05) is 18.7 Å². The zero-order chi connectivity index (χ0) is 21.8. The number of nitrogens with one attached hydrogen (secondary N) is 3. The third-order valence-corrected chi connectivity index (χ3v) is 4.97. The van der Waals surface area contributed by atoms with Gasteiger partial charge in [0.05, 0.1) is 6.04 Å². The molecule has 0 aromatic heterocycles. The van der Waals surface area contributed by atoms with Crippen LogP contribution in [0.25, 0.3) is 0 Å². The van der Waals surface area contributed by atoms with Crippen LogP contribution in [0.1, 0.15) is 41.0 Å². The van der Waals surface area contributed by atoms with E-state index in [1.165, 1.54) is 7.11 Å². The maximum absolute atomic E-state index is 13.2. The van der Waals surface area contributed by atoms with Crippen molar-refractivity contribution >= 4 is 17.8 Å². The van der Waals surface area contributed by atoms with Crippen LogP contribution in [0, 0.1) is 5.41 Å². The van der Waals surface area contributed by atoms with Gasteiger partial charge in [0.2, 0.25) is 11.8 Å². The van der Waals surface area contributed by atoms with Crippen LogP contribution >= 0.6 is 0 Å². The summed E-state index contributed by atoms with van der Waals surface area (Å²) in [5, 5.41) is 8.63. The number of rotatable bonds is 6. The molecule has 2 fully saturated rings. The third-order valence-electron chi connectivity index (χ3n) is 4.97. The summed E-state index contributed by atoms with van der Waals surface area (Å²) in [7, 11) is 1.45. The average molecular weight is 412 g/mol. The number of methoxy groups -OCH3 is 1. The molecular weight excluding hydrogens is 374 g/mol. The number of hydrogen-bond acceptors (Lipinski definition) is 5. The van der Waals surface area contributed by atoms with Gasteiger partial charge in [-0.05, 0) is 25.7 Å². The molecule has 2 saturated heterocycles. The largest absolute Gasteiger partial charge is 0.375 e. The minimum Gasteiger partial charge on any atom is -0.375 e. The van der Waals surface area contributed by atoms with Gasteiger partial charge in [-0.2, -0.15) is 0 Å². The van der Waals surface area contributed by atoms with Crippen molar-refractivity contribution in [1.82, 2.24) is 25.8 Å². The van der Waals surface area contributed by atoms with Crippen molar-refractivity contribution < 1.29 is 19.1 Å². The number of fused-ring (bicyclic) bond motifs is 1. The summed E-state index contributed by atoms with van der Waals surface area (Å²) >= 11 is 0. The molecule has 2 aliphatic heterocycles. The van der Waals surface area contributed by atoms with Gasteiger partial charge >= 0.3 is 6.03 Å². The van der Waals surface area contributed by atoms with Gasteiger partial charge in [0.1, 0.15) is 12.6 Å². The van der Waals surface area contributed by atoms with E-state index >= 15 is 0 Å². The molecule has 3 N–H and O–H groups in total. The summed E-state index contributed by atoms with van der Waals surface area (Å²) < 4.78 is 4.89. The van der Waals surface area contributed by atoms with Gasteiger partial charge in [0, 0.05) is 45.4 Å². The molecule has 0 radical (unpaired) electrons. The smallest absolute Gasteiger partial charge is 0.315 e. The van der Waals surface area contributed by atoms with Crippen LogP contribution in [0.2, 0.25) is 0 Å². The van der Waals surface area contributed by atoms with E-state index in [-0.39, 0.29) is 48.0 Å². The highest BCUT2D eigenvalue weighted by molar-refractivity contribution is 5.89. The lowest BCUT2D eigenvalue weighted by molar-refractivity contribution is -0.137. The summed E-state index contributed by atoms with van der Waals surface area (Å²) in [5.74, 6) is -0.394. The molecule has 2 heterocycles. The Bertz CT molecular complexity index is 604. The lowest BCUT2D eigenvalue weighted by Crippen LogP contribution is -2.53. The molecule has 2 aliphatic rings. The quantitative estimate of drug-likeness (QED) is 0.578. The molecule has 9 nitrogen and oxygen atoms in total. The highest BCUT2D eigenvalue weighted by atomic mass is 16.5. The van der Waals surface area contributed by atoms with Gasteiger partial charge in [-0.25, -0.2) is 4.79 Å². The summed E-state index contributed by atoms with van der Waals surface area (Å²) in [4.78, 5) is 41.4. The molecule has 0 aromatic carbocycles. The van der Waals surface area contributed by atoms with Crippen molar-refractivity contribution in [2.24, 2.45) is 5.41 Å². The fourth-order valence-electron chi connectivity index (χ4n) is 4.14. The van der Waals surface area contributed by atoms with Crippen molar-refractivity contribution in [2.45, 2.75) is 65.2 Å². The Labute approximate surface area is 173 Å². The SMILES string of the molecule is COCC(=O)N[C@H]1CN(CC(C)(C)C)C[C@@H]2C[C@H](NC(=O)NC(C)C)CN2C1=O. The van der Waals surface area contributed by atoms with Crippen molar-refractivity contribution in [3.63, 3.8) is 0 Å². The predicted molar refractivity (Wildman–Crippen MR) is 110 cm³/mol. The van der Waals surface area contributed by atoms with Gasteiger partial charge in [-0.3, -0.25) is 14.5 Å². The molecule has 0 aliphatic carbocycles. The maximum atomic E-state index is 13.2. The Morgan fingerprint density at radius 2 is 1.86 bits per heavy atom. The van der Waals surface area contributed by atoms with Crippen molar-refractivity contribution in [3.8, 4) is 0 Å². The fraction of sp³-hybridized carbons (Fsp3) is 0.850. The Kier molecular flexibility index (Phi) is 7.87. The Morgan fingerprint density at radius 1 is 1.17 bits per heavy atom. The molecule has 0 spiro atoms. The predicted octanol–water partition coefficient (Wildman–Crippen LogP) is 0.156. The number of urea groups is 1. The lowest BCUT2D eigenvalue weighted by Gasteiger charge is -2.31. The Morgan fingerprint density at radius 3 is 2.45 bits per heavy atom. The van der Waals surface area contributed by atoms with Crippen LogP contribution in [0.3, 0.4) is 0 Å². The molecule has 0 bridgehead atoms. The summed E-state index contributed by atoms with van der Waals surface area (Å²) in [6.45, 7) is 12.7. The van der Waals surface area contributed by atoms with E-state index in [1.54, 1.807) is 0 Å². The molecule has 29 heavy (non-hydrogen) atoms. The number of carbonyl (C=O) groups is 3. The zero-order valence-corrected chi connectivity index (χ0v) is 18.6. The van der Waals surface area contributed by atoms with E-state index in [9.17, 15) is 14.4 Å². The monoisotopic (exact) mass is 411 g/mol. The topological polar surface area (TPSA) is 103 Å². The highest BCUT2D eigenvalue weighted by Gasteiger charge is 2.43. The lowest BCUT2D eigenvalue weighted by atomic mass is 9.95. The highest BCUT2D eigenvalue weighted by Crippen LogP contribution is 2.25. The second kappa shape index (κ2) is 9.75. The van der Waals surface area contributed by atoms with E-state index in [2.05, 4.69) is 41.6 Å². The first-order valence-corrected chi connectivity index (χ1v) is 10.4. The molecule has 2 rings (SSSR count). The zero-order valence-electron chi connectivity index (χ0n) is 18.6. The minimum absolute atomic E-state index is 0.0125. The molecule has 0 unspecified atom stereocenters. The first-order chi connectivity index (χ1) is 13.5. The Hall–Kier alpha value is -1.87.